The molecule has 0 spiro atoms. The molecule has 10 heteroatoms. The number of hydrogen-bond acceptors (Lipinski definition) is 7. The first-order chi connectivity index (χ1) is 15.5. The highest BCUT2D eigenvalue weighted by atomic mass is 32.2. The number of Topliss-reactive ketones (excluding diaryl/α,β-unsaturated/α-hetero) is 1. The number of hydrogen-bond donors (Lipinski definition) is 2. The highest BCUT2D eigenvalue weighted by molar-refractivity contribution is 8.04. The number of alkyl halides is 2. The summed E-state index contributed by atoms with van der Waals surface area (Å²) in [6.07, 6.45) is 0. The number of aromatic nitrogens is 1. The Bertz CT molecular complexity index is 1100. The first-order valence-electron chi connectivity index (χ1n) is 9.89. The second kappa shape index (κ2) is 9.95. The standard InChI is InChI=1S/C22H21F2N3O3S2/c1-29-11-10-26-20-16(21-27-14-4-2-3-5-15(14)31-21)17(25)19(32-20)18(28)12-6-8-13(9-7-12)30-22(23)24/h2-9,17,19,22,26H,10-11,25H2,1H3/p+1/t17-,19-/m0/s1. The van der Waals surface area contributed by atoms with Crippen molar-refractivity contribution in [2.75, 3.05) is 20.3 Å². The van der Waals surface area contributed by atoms with Gasteiger partial charge in [0.05, 0.1) is 27.4 Å². The van der Waals surface area contributed by atoms with Crippen LogP contribution in [-0.4, -0.2) is 48.9 Å². The highest BCUT2D eigenvalue weighted by Gasteiger charge is 2.43. The number of carbonyl (C=O) groups excluding carboxylic acids is 1. The zero-order chi connectivity index (χ0) is 22.7. The van der Waals surface area contributed by atoms with Gasteiger partial charge in [-0.2, -0.15) is 8.78 Å². The molecule has 168 valence electrons. The first kappa shape index (κ1) is 22.7. The average molecular weight is 479 g/mol. The highest BCUT2D eigenvalue weighted by Crippen LogP contribution is 2.43. The van der Waals surface area contributed by atoms with E-state index < -0.39 is 11.9 Å². The lowest BCUT2D eigenvalue weighted by Gasteiger charge is -2.13. The molecule has 0 bridgehead atoms. The number of halogens is 2. The van der Waals surface area contributed by atoms with Crippen molar-refractivity contribution in [3.63, 3.8) is 0 Å². The van der Waals surface area contributed by atoms with E-state index in [1.54, 1.807) is 18.4 Å². The summed E-state index contributed by atoms with van der Waals surface area (Å²) in [6, 6.07) is 13.3. The number of methoxy groups -OCH3 is 1. The van der Waals surface area contributed by atoms with E-state index in [2.05, 4.69) is 15.8 Å². The summed E-state index contributed by atoms with van der Waals surface area (Å²) >= 11 is 2.98. The molecule has 0 unspecified atom stereocenters. The van der Waals surface area contributed by atoms with Gasteiger partial charge in [-0.15, -0.1) is 11.3 Å². The van der Waals surface area contributed by atoms with Crippen LogP contribution < -0.4 is 15.8 Å². The Labute approximate surface area is 191 Å². The predicted molar refractivity (Wildman–Crippen MR) is 122 cm³/mol. The Morgan fingerprint density at radius 1 is 1.22 bits per heavy atom. The van der Waals surface area contributed by atoms with E-state index >= 15 is 0 Å². The smallest absolute Gasteiger partial charge is 0.387 e. The van der Waals surface area contributed by atoms with Gasteiger partial charge in [-0.25, -0.2) is 4.98 Å². The SMILES string of the molecule is COCCNC1=C(c2nc3ccccc3s2)[C@H]([NH3+])[C@@H](C(=O)c2ccc(OC(F)F)cc2)S1. The van der Waals surface area contributed by atoms with Crippen LogP contribution in [0.3, 0.4) is 0 Å². The Balaban J connectivity index is 1.61. The van der Waals surface area contributed by atoms with E-state index in [9.17, 15) is 13.6 Å². The Hall–Kier alpha value is -2.53. The van der Waals surface area contributed by atoms with Gasteiger partial charge in [0.2, 0.25) is 0 Å². The van der Waals surface area contributed by atoms with Crippen LogP contribution in [0, 0.1) is 0 Å². The zero-order valence-corrected chi connectivity index (χ0v) is 18.8. The molecule has 0 amide bonds. The number of fused-ring (bicyclic) bond motifs is 1. The van der Waals surface area contributed by atoms with Gasteiger partial charge < -0.3 is 20.5 Å². The summed E-state index contributed by atoms with van der Waals surface area (Å²) in [5.41, 5.74) is 6.52. The summed E-state index contributed by atoms with van der Waals surface area (Å²) in [5, 5.41) is 4.58. The number of rotatable bonds is 9. The van der Waals surface area contributed by atoms with Crippen molar-refractivity contribution in [1.82, 2.24) is 10.3 Å². The second-order valence-corrected chi connectivity index (χ2v) is 9.24. The van der Waals surface area contributed by atoms with E-state index in [1.165, 1.54) is 36.0 Å². The molecule has 2 aromatic carbocycles. The first-order valence-corrected chi connectivity index (χ1v) is 11.6. The van der Waals surface area contributed by atoms with Crippen LogP contribution in [0.5, 0.6) is 5.75 Å². The lowest BCUT2D eigenvalue weighted by atomic mass is 9.99. The zero-order valence-electron chi connectivity index (χ0n) is 17.2. The van der Waals surface area contributed by atoms with Gasteiger partial charge in [0.1, 0.15) is 22.0 Å². The maximum atomic E-state index is 13.3. The molecule has 6 nitrogen and oxygen atoms in total. The van der Waals surface area contributed by atoms with E-state index in [0.717, 1.165) is 25.8 Å². The Morgan fingerprint density at radius 3 is 2.66 bits per heavy atom. The van der Waals surface area contributed by atoms with Gasteiger partial charge in [0.25, 0.3) is 0 Å². The molecule has 32 heavy (non-hydrogen) atoms. The fourth-order valence-corrected chi connectivity index (χ4v) is 5.94. The molecule has 3 aromatic rings. The molecular formula is C22H22F2N3O3S2+. The van der Waals surface area contributed by atoms with Gasteiger partial charge >= 0.3 is 6.61 Å². The maximum absolute atomic E-state index is 13.3. The number of thiazole rings is 1. The monoisotopic (exact) mass is 478 g/mol. The van der Waals surface area contributed by atoms with Crippen LogP contribution in [-0.2, 0) is 4.74 Å². The lowest BCUT2D eigenvalue weighted by Crippen LogP contribution is -2.66. The van der Waals surface area contributed by atoms with Crippen LogP contribution >= 0.6 is 23.1 Å². The van der Waals surface area contributed by atoms with E-state index in [1.807, 2.05) is 24.3 Å². The van der Waals surface area contributed by atoms with Crippen LogP contribution in [0.2, 0.25) is 0 Å². The minimum absolute atomic E-state index is 0.0111. The topological polar surface area (TPSA) is 88.1 Å². The van der Waals surface area contributed by atoms with Gasteiger partial charge in [-0.3, -0.25) is 4.79 Å². The fourth-order valence-electron chi connectivity index (χ4n) is 3.44. The molecule has 2 heterocycles. The normalized spacial score (nSPS) is 18.5. The number of quaternary nitrogens is 1. The minimum Gasteiger partial charge on any atom is -0.435 e. The number of nitrogens with zero attached hydrogens (tertiary/aromatic N) is 1. The lowest BCUT2D eigenvalue weighted by molar-refractivity contribution is -0.394. The van der Waals surface area contributed by atoms with E-state index in [0.29, 0.717) is 18.7 Å². The largest absolute Gasteiger partial charge is 0.435 e. The summed E-state index contributed by atoms with van der Waals surface area (Å²) in [6.45, 7) is -1.81. The predicted octanol–water partition coefficient (Wildman–Crippen LogP) is 3.41. The number of carbonyl (C=O) groups is 1. The molecule has 0 saturated heterocycles. The number of benzene rings is 2. The number of ether oxygens (including phenoxy) is 2. The third-order valence-electron chi connectivity index (χ3n) is 4.96. The molecule has 1 aliphatic heterocycles. The fraction of sp³-hybridized carbons (Fsp3) is 0.273. The van der Waals surface area contributed by atoms with Crippen LogP contribution in [0.25, 0.3) is 15.8 Å². The van der Waals surface area contributed by atoms with Crippen molar-refractivity contribution < 1.29 is 28.8 Å². The maximum Gasteiger partial charge on any atom is 0.387 e. The molecule has 0 aliphatic carbocycles. The molecule has 0 saturated carbocycles. The van der Waals surface area contributed by atoms with Crippen molar-refractivity contribution in [1.29, 1.82) is 0 Å². The minimum atomic E-state index is -2.91. The van der Waals surface area contributed by atoms with E-state index in [-0.39, 0.29) is 17.6 Å². The van der Waals surface area contributed by atoms with Crippen LogP contribution in [0.4, 0.5) is 8.78 Å². The molecule has 2 atom stereocenters. The van der Waals surface area contributed by atoms with Crippen LogP contribution in [0.1, 0.15) is 15.4 Å². The Morgan fingerprint density at radius 2 is 1.97 bits per heavy atom. The number of thioether (sulfide) groups is 1. The Kier molecular flexibility index (Phi) is 7.04. The molecule has 0 fully saturated rings. The molecule has 4 rings (SSSR count). The average Bonchev–Trinajstić information content (AvgIpc) is 3.34. The van der Waals surface area contributed by atoms with E-state index in [4.69, 9.17) is 9.72 Å². The van der Waals surface area contributed by atoms with Crippen molar-refractivity contribution in [2.24, 2.45) is 0 Å². The van der Waals surface area contributed by atoms with Gasteiger partial charge in [-0.05, 0) is 36.4 Å². The van der Waals surface area contributed by atoms with Gasteiger partial charge in [0.15, 0.2) is 5.78 Å². The third kappa shape index (κ3) is 4.78. The third-order valence-corrected chi connectivity index (χ3v) is 7.43. The van der Waals surface area contributed by atoms with Gasteiger partial charge in [0, 0.05) is 19.2 Å². The van der Waals surface area contributed by atoms with Crippen molar-refractivity contribution >= 4 is 44.7 Å². The number of ketones is 1. The molecule has 1 aromatic heterocycles. The number of para-hydroxylation sites is 1. The van der Waals surface area contributed by atoms with Crippen molar-refractivity contribution in [3.05, 3.63) is 64.1 Å². The van der Waals surface area contributed by atoms with Gasteiger partial charge in [-0.1, -0.05) is 23.9 Å². The summed E-state index contributed by atoms with van der Waals surface area (Å²) in [4.78, 5) is 18.0. The number of nitrogens with one attached hydrogen (secondary N) is 1. The molecule has 1 aliphatic rings. The quantitative estimate of drug-likeness (QED) is 0.362. The molecular weight excluding hydrogens is 456 g/mol. The van der Waals surface area contributed by atoms with Crippen molar-refractivity contribution in [2.45, 2.75) is 17.9 Å². The molecule has 0 radical (unpaired) electrons. The summed E-state index contributed by atoms with van der Waals surface area (Å²) < 4.78 is 35.4. The molecule has 4 N–H and O–H groups in total. The summed E-state index contributed by atoms with van der Waals surface area (Å²) in [5.74, 6) is -0.113. The second-order valence-electron chi connectivity index (χ2n) is 7.06. The van der Waals surface area contributed by atoms with Crippen molar-refractivity contribution in [3.8, 4) is 5.75 Å². The summed E-state index contributed by atoms with van der Waals surface area (Å²) in [7, 11) is 1.63. The van der Waals surface area contributed by atoms with Crippen LogP contribution in [0.15, 0.2) is 53.6 Å².